The number of carbonyl (C=O) groups excluding carboxylic acids is 1. The van der Waals surface area contributed by atoms with Crippen LogP contribution in [-0.4, -0.2) is 25.7 Å². The van der Waals surface area contributed by atoms with Crippen molar-refractivity contribution in [2.45, 2.75) is 26.3 Å². The Labute approximate surface area is 142 Å². The van der Waals surface area contributed by atoms with Gasteiger partial charge in [-0.1, -0.05) is 24.3 Å². The van der Waals surface area contributed by atoms with Gasteiger partial charge < -0.3 is 20.5 Å². The lowest BCUT2D eigenvalue weighted by Crippen LogP contribution is -2.21. The minimum absolute atomic E-state index is 0.0707. The van der Waals surface area contributed by atoms with E-state index in [1.807, 2.05) is 50.2 Å². The average Bonchev–Trinajstić information content (AvgIpc) is 2.55. The summed E-state index contributed by atoms with van der Waals surface area (Å²) in [6.07, 6.45) is 0.754. The molecule has 2 rings (SSSR count). The van der Waals surface area contributed by atoms with E-state index in [-0.39, 0.29) is 18.6 Å². The largest absolute Gasteiger partial charge is 0.493 e. The first-order valence-electron chi connectivity index (χ1n) is 7.90. The number of amides is 1. The SMILES string of the molecule is COc1cc(CC(C)N)ccc1OCC(=O)Nc1ccccc1C. The molecule has 0 aliphatic rings. The minimum atomic E-state index is -0.217. The van der Waals surface area contributed by atoms with Gasteiger partial charge in [0, 0.05) is 11.7 Å². The summed E-state index contributed by atoms with van der Waals surface area (Å²) in [6, 6.07) is 13.3. The van der Waals surface area contributed by atoms with Gasteiger partial charge in [-0.25, -0.2) is 0 Å². The van der Waals surface area contributed by atoms with Crippen LogP contribution in [0.3, 0.4) is 0 Å². The Bertz CT molecular complexity index is 699. The molecule has 0 heterocycles. The van der Waals surface area contributed by atoms with Crippen LogP contribution in [0.1, 0.15) is 18.1 Å². The molecule has 2 aromatic rings. The van der Waals surface area contributed by atoms with Gasteiger partial charge in [0.1, 0.15) is 0 Å². The molecule has 5 heteroatoms. The van der Waals surface area contributed by atoms with Crippen molar-refractivity contribution >= 4 is 11.6 Å². The number of anilines is 1. The quantitative estimate of drug-likeness (QED) is 0.819. The molecular formula is C19H24N2O3. The van der Waals surface area contributed by atoms with E-state index in [2.05, 4.69) is 5.32 Å². The summed E-state index contributed by atoms with van der Waals surface area (Å²) >= 11 is 0. The van der Waals surface area contributed by atoms with Gasteiger partial charge in [0.25, 0.3) is 5.91 Å². The standard InChI is InChI=1S/C19H24N2O3/c1-13-6-4-5-7-16(13)21-19(22)12-24-17-9-8-15(10-14(2)20)11-18(17)23-3/h4-9,11,14H,10,12,20H2,1-3H3,(H,21,22). The highest BCUT2D eigenvalue weighted by atomic mass is 16.5. The predicted octanol–water partition coefficient (Wildman–Crippen LogP) is 2.91. The fourth-order valence-electron chi connectivity index (χ4n) is 2.37. The molecule has 24 heavy (non-hydrogen) atoms. The summed E-state index contributed by atoms with van der Waals surface area (Å²) < 4.78 is 10.9. The van der Waals surface area contributed by atoms with Crippen LogP contribution in [0, 0.1) is 6.92 Å². The zero-order valence-electron chi connectivity index (χ0n) is 14.3. The van der Waals surface area contributed by atoms with E-state index in [0.29, 0.717) is 11.5 Å². The first-order valence-corrected chi connectivity index (χ1v) is 7.90. The lowest BCUT2D eigenvalue weighted by Gasteiger charge is -2.13. The third-order valence-electron chi connectivity index (χ3n) is 3.56. The van der Waals surface area contributed by atoms with Gasteiger partial charge in [0.15, 0.2) is 18.1 Å². The van der Waals surface area contributed by atoms with Gasteiger partial charge in [0.05, 0.1) is 7.11 Å². The lowest BCUT2D eigenvalue weighted by atomic mass is 10.1. The molecule has 0 spiro atoms. The van der Waals surface area contributed by atoms with Crippen molar-refractivity contribution in [3.63, 3.8) is 0 Å². The summed E-state index contributed by atoms with van der Waals surface area (Å²) in [5.41, 5.74) is 8.67. The van der Waals surface area contributed by atoms with Crippen molar-refractivity contribution in [2.24, 2.45) is 5.73 Å². The molecule has 0 fully saturated rings. The van der Waals surface area contributed by atoms with Crippen molar-refractivity contribution < 1.29 is 14.3 Å². The number of hydrogen-bond acceptors (Lipinski definition) is 4. The number of ether oxygens (including phenoxy) is 2. The number of methoxy groups -OCH3 is 1. The number of aryl methyl sites for hydroxylation is 1. The van der Waals surface area contributed by atoms with Gasteiger partial charge >= 0.3 is 0 Å². The maximum Gasteiger partial charge on any atom is 0.262 e. The highest BCUT2D eigenvalue weighted by molar-refractivity contribution is 5.92. The molecule has 1 atom stereocenters. The molecule has 1 amide bonds. The zero-order chi connectivity index (χ0) is 17.5. The van der Waals surface area contributed by atoms with E-state index in [1.165, 1.54) is 0 Å². The fraction of sp³-hybridized carbons (Fsp3) is 0.316. The number of benzene rings is 2. The third-order valence-corrected chi connectivity index (χ3v) is 3.56. The van der Waals surface area contributed by atoms with E-state index < -0.39 is 0 Å². The summed E-state index contributed by atoms with van der Waals surface area (Å²) in [5, 5.41) is 2.83. The van der Waals surface area contributed by atoms with Crippen LogP contribution < -0.4 is 20.5 Å². The molecular weight excluding hydrogens is 304 g/mol. The summed E-state index contributed by atoms with van der Waals surface area (Å²) in [7, 11) is 1.57. The fourth-order valence-corrected chi connectivity index (χ4v) is 2.37. The number of nitrogens with two attached hydrogens (primary N) is 1. The number of para-hydroxylation sites is 1. The van der Waals surface area contributed by atoms with Crippen molar-refractivity contribution in [1.82, 2.24) is 0 Å². The average molecular weight is 328 g/mol. The van der Waals surface area contributed by atoms with Crippen LogP contribution in [0.4, 0.5) is 5.69 Å². The molecule has 5 nitrogen and oxygen atoms in total. The van der Waals surface area contributed by atoms with Gasteiger partial charge in [-0.05, 0) is 49.6 Å². The van der Waals surface area contributed by atoms with Crippen LogP contribution in [0.2, 0.25) is 0 Å². The van der Waals surface area contributed by atoms with E-state index in [1.54, 1.807) is 13.2 Å². The third kappa shape index (κ3) is 4.99. The Morgan fingerprint density at radius 2 is 1.96 bits per heavy atom. The molecule has 0 aliphatic carbocycles. The first kappa shape index (κ1) is 17.8. The van der Waals surface area contributed by atoms with Gasteiger partial charge in [-0.2, -0.15) is 0 Å². The van der Waals surface area contributed by atoms with Crippen LogP contribution >= 0.6 is 0 Å². The molecule has 3 N–H and O–H groups in total. The van der Waals surface area contributed by atoms with E-state index in [4.69, 9.17) is 15.2 Å². The second-order valence-corrected chi connectivity index (χ2v) is 5.82. The molecule has 0 saturated carbocycles. The van der Waals surface area contributed by atoms with Crippen molar-refractivity contribution in [3.8, 4) is 11.5 Å². The van der Waals surface area contributed by atoms with Crippen molar-refractivity contribution in [1.29, 1.82) is 0 Å². The molecule has 0 aromatic heterocycles. The number of carbonyl (C=O) groups is 1. The van der Waals surface area contributed by atoms with E-state index in [0.717, 1.165) is 23.2 Å². The molecule has 2 aromatic carbocycles. The highest BCUT2D eigenvalue weighted by Crippen LogP contribution is 2.28. The Morgan fingerprint density at radius 1 is 1.21 bits per heavy atom. The van der Waals surface area contributed by atoms with E-state index >= 15 is 0 Å². The van der Waals surface area contributed by atoms with Crippen molar-refractivity contribution in [2.75, 3.05) is 19.0 Å². The second-order valence-electron chi connectivity index (χ2n) is 5.82. The number of rotatable bonds is 7. The molecule has 0 aliphatic heterocycles. The Morgan fingerprint density at radius 3 is 2.62 bits per heavy atom. The Balaban J connectivity index is 1.98. The smallest absolute Gasteiger partial charge is 0.262 e. The van der Waals surface area contributed by atoms with Gasteiger partial charge in [-0.3, -0.25) is 4.79 Å². The topological polar surface area (TPSA) is 73.6 Å². The zero-order valence-corrected chi connectivity index (χ0v) is 14.3. The molecule has 0 saturated heterocycles. The van der Waals surface area contributed by atoms with Crippen molar-refractivity contribution in [3.05, 3.63) is 53.6 Å². The normalized spacial score (nSPS) is 11.7. The molecule has 128 valence electrons. The summed E-state index contributed by atoms with van der Waals surface area (Å²) in [5.74, 6) is 0.911. The minimum Gasteiger partial charge on any atom is -0.493 e. The van der Waals surface area contributed by atoms with Gasteiger partial charge in [-0.15, -0.1) is 0 Å². The van der Waals surface area contributed by atoms with Crippen LogP contribution in [0.5, 0.6) is 11.5 Å². The maximum absolute atomic E-state index is 12.1. The summed E-state index contributed by atoms with van der Waals surface area (Å²) in [4.78, 5) is 12.1. The Hall–Kier alpha value is -2.53. The Kier molecular flexibility index (Phi) is 6.21. The molecule has 0 radical (unpaired) electrons. The molecule has 1 unspecified atom stereocenters. The predicted molar refractivity (Wildman–Crippen MR) is 95.7 cm³/mol. The summed E-state index contributed by atoms with van der Waals surface area (Å²) in [6.45, 7) is 3.81. The maximum atomic E-state index is 12.1. The van der Waals surface area contributed by atoms with Crippen LogP contribution in [-0.2, 0) is 11.2 Å². The van der Waals surface area contributed by atoms with Crippen LogP contribution in [0.25, 0.3) is 0 Å². The highest BCUT2D eigenvalue weighted by Gasteiger charge is 2.10. The lowest BCUT2D eigenvalue weighted by molar-refractivity contribution is -0.118. The number of nitrogens with one attached hydrogen (secondary N) is 1. The van der Waals surface area contributed by atoms with E-state index in [9.17, 15) is 4.79 Å². The second kappa shape index (κ2) is 8.36. The monoisotopic (exact) mass is 328 g/mol. The van der Waals surface area contributed by atoms with Crippen LogP contribution in [0.15, 0.2) is 42.5 Å². The number of hydrogen-bond donors (Lipinski definition) is 2. The molecule has 0 bridgehead atoms. The van der Waals surface area contributed by atoms with Gasteiger partial charge in [0.2, 0.25) is 0 Å². The first-order chi connectivity index (χ1) is 11.5.